The van der Waals surface area contributed by atoms with Crippen molar-refractivity contribution in [3.8, 4) is 0 Å². The molecule has 0 aromatic heterocycles. The van der Waals surface area contributed by atoms with Gasteiger partial charge in [-0.2, -0.15) is 0 Å². The molecule has 0 bridgehead atoms. The van der Waals surface area contributed by atoms with E-state index in [0.717, 1.165) is 6.42 Å². The fourth-order valence-electron chi connectivity index (χ4n) is 1.10. The van der Waals surface area contributed by atoms with E-state index in [0.29, 0.717) is 5.92 Å². The van der Waals surface area contributed by atoms with E-state index >= 15 is 0 Å². The lowest BCUT2D eigenvalue weighted by molar-refractivity contribution is 0.914. The van der Waals surface area contributed by atoms with Crippen molar-refractivity contribution >= 4 is 0 Å². The van der Waals surface area contributed by atoms with Gasteiger partial charge in [0.2, 0.25) is 0 Å². The molecule has 1 atom stereocenters. The fraction of sp³-hybridized carbons (Fsp3) is 0.455. The van der Waals surface area contributed by atoms with Gasteiger partial charge in [0.25, 0.3) is 0 Å². The zero-order valence-electron chi connectivity index (χ0n) is 7.80. The summed E-state index contributed by atoms with van der Waals surface area (Å²) in [5.74, 6) is 0.556. The molecule has 62 valence electrons. The molecule has 0 amide bonds. The highest BCUT2D eigenvalue weighted by Crippen LogP contribution is 2.07. The first kappa shape index (κ1) is 10.2. The lowest BCUT2D eigenvalue weighted by Gasteiger charge is -2.00. The van der Waals surface area contributed by atoms with Crippen molar-refractivity contribution in [2.75, 3.05) is 0 Å². The van der Waals surface area contributed by atoms with E-state index in [1.807, 2.05) is 13.0 Å². The lowest BCUT2D eigenvalue weighted by atomic mass is 10.1. The Bertz CT molecular complexity index is 161. The Morgan fingerprint density at radius 1 is 1.55 bits per heavy atom. The van der Waals surface area contributed by atoms with E-state index in [-0.39, 0.29) is 0 Å². The predicted molar refractivity (Wildman–Crippen MR) is 52.5 cm³/mol. The minimum Gasteiger partial charge on any atom is -0.103 e. The molecule has 0 nitrogen and oxygen atoms in total. The molecule has 1 unspecified atom stereocenters. The summed E-state index contributed by atoms with van der Waals surface area (Å²) in [6.45, 7) is 10.1. The van der Waals surface area contributed by atoms with Crippen molar-refractivity contribution in [1.29, 1.82) is 0 Å². The molecule has 0 rings (SSSR count). The Morgan fingerprint density at radius 2 is 2.18 bits per heavy atom. The summed E-state index contributed by atoms with van der Waals surface area (Å²) in [7, 11) is 0. The van der Waals surface area contributed by atoms with Gasteiger partial charge in [-0.25, -0.2) is 0 Å². The van der Waals surface area contributed by atoms with E-state index in [4.69, 9.17) is 0 Å². The van der Waals surface area contributed by atoms with E-state index in [1.165, 1.54) is 5.57 Å². The van der Waals surface area contributed by atoms with Gasteiger partial charge >= 0.3 is 0 Å². The second-order valence-corrected chi connectivity index (χ2v) is 2.89. The lowest BCUT2D eigenvalue weighted by Crippen LogP contribution is -1.84. The van der Waals surface area contributed by atoms with Gasteiger partial charge in [-0.15, -0.1) is 6.58 Å². The second-order valence-electron chi connectivity index (χ2n) is 2.89. The Hall–Kier alpha value is -0.780. The summed E-state index contributed by atoms with van der Waals surface area (Å²) in [6.07, 6.45) is 9.48. The van der Waals surface area contributed by atoms with Crippen LogP contribution in [0.25, 0.3) is 0 Å². The Morgan fingerprint density at radius 3 is 2.64 bits per heavy atom. The molecule has 0 aromatic rings. The highest BCUT2D eigenvalue weighted by Gasteiger charge is 1.90. The van der Waals surface area contributed by atoms with Crippen LogP contribution < -0.4 is 0 Å². The molecule has 0 aliphatic carbocycles. The number of hydrogen-bond donors (Lipinski definition) is 0. The SMILES string of the molecule is C=CC/C(C)=C/C(C)/C=C/C. The first-order valence-electron chi connectivity index (χ1n) is 4.11. The maximum absolute atomic E-state index is 3.70. The molecule has 0 radical (unpaired) electrons. The van der Waals surface area contributed by atoms with Gasteiger partial charge in [-0.05, 0) is 26.2 Å². The summed E-state index contributed by atoms with van der Waals surface area (Å²) in [6, 6.07) is 0. The average molecular weight is 150 g/mol. The first-order chi connectivity index (χ1) is 5.20. The van der Waals surface area contributed by atoms with Crippen LogP contribution in [0.3, 0.4) is 0 Å². The normalized spacial score (nSPS) is 15.4. The van der Waals surface area contributed by atoms with Crippen LogP contribution in [0.1, 0.15) is 27.2 Å². The van der Waals surface area contributed by atoms with Gasteiger partial charge in [0.1, 0.15) is 0 Å². The van der Waals surface area contributed by atoms with Crippen LogP contribution in [0.4, 0.5) is 0 Å². The third-order valence-electron chi connectivity index (χ3n) is 1.51. The molecule has 0 spiro atoms. The number of allylic oxidation sites excluding steroid dienone is 5. The van der Waals surface area contributed by atoms with Gasteiger partial charge in [-0.3, -0.25) is 0 Å². The third kappa shape index (κ3) is 5.65. The van der Waals surface area contributed by atoms with Gasteiger partial charge in [0.15, 0.2) is 0 Å². The van der Waals surface area contributed by atoms with Gasteiger partial charge in [0.05, 0.1) is 0 Å². The Balaban J connectivity index is 3.95. The zero-order valence-corrected chi connectivity index (χ0v) is 7.80. The molecule has 11 heavy (non-hydrogen) atoms. The molecule has 0 saturated carbocycles. The van der Waals surface area contributed by atoms with E-state index in [2.05, 4.69) is 38.7 Å². The summed E-state index contributed by atoms with van der Waals surface area (Å²) in [5.41, 5.74) is 1.39. The molecule has 0 aromatic carbocycles. The van der Waals surface area contributed by atoms with Crippen LogP contribution in [0.2, 0.25) is 0 Å². The zero-order chi connectivity index (χ0) is 8.69. The number of hydrogen-bond acceptors (Lipinski definition) is 0. The maximum atomic E-state index is 3.70. The Labute approximate surface area is 70.3 Å². The quantitative estimate of drug-likeness (QED) is 0.536. The topological polar surface area (TPSA) is 0 Å². The molecule has 0 N–H and O–H groups in total. The first-order valence-corrected chi connectivity index (χ1v) is 4.11. The van der Waals surface area contributed by atoms with Crippen LogP contribution in [0, 0.1) is 5.92 Å². The third-order valence-corrected chi connectivity index (χ3v) is 1.51. The average Bonchev–Trinajstić information content (AvgIpc) is 1.87. The van der Waals surface area contributed by atoms with Crippen molar-refractivity contribution in [2.24, 2.45) is 5.92 Å². The summed E-state index contributed by atoms with van der Waals surface area (Å²) < 4.78 is 0. The van der Waals surface area contributed by atoms with Crippen LogP contribution >= 0.6 is 0 Å². The summed E-state index contributed by atoms with van der Waals surface area (Å²) in [4.78, 5) is 0. The van der Waals surface area contributed by atoms with Crippen molar-refractivity contribution in [1.82, 2.24) is 0 Å². The molecular formula is C11H18. The highest BCUT2D eigenvalue weighted by atomic mass is 14.0. The van der Waals surface area contributed by atoms with Crippen molar-refractivity contribution in [2.45, 2.75) is 27.2 Å². The predicted octanol–water partition coefficient (Wildman–Crippen LogP) is 3.72. The van der Waals surface area contributed by atoms with Crippen molar-refractivity contribution in [3.05, 3.63) is 36.5 Å². The molecule has 0 aliphatic heterocycles. The standard InChI is InChI=1S/C11H18/c1-5-7-10(3)9-11(4)8-6-2/h5-6,8-9,11H,1,7H2,2-4H3/b8-6+,10-9+. The molecule has 0 heterocycles. The molecule has 0 heteroatoms. The minimum atomic E-state index is 0.556. The minimum absolute atomic E-state index is 0.556. The van der Waals surface area contributed by atoms with Gasteiger partial charge < -0.3 is 0 Å². The summed E-state index contributed by atoms with van der Waals surface area (Å²) in [5, 5.41) is 0. The Kier molecular flexibility index (Phi) is 5.54. The van der Waals surface area contributed by atoms with Crippen LogP contribution in [-0.4, -0.2) is 0 Å². The van der Waals surface area contributed by atoms with E-state index in [9.17, 15) is 0 Å². The largest absolute Gasteiger partial charge is 0.103 e. The molecule has 0 saturated heterocycles. The fourth-order valence-corrected chi connectivity index (χ4v) is 1.10. The van der Waals surface area contributed by atoms with E-state index in [1.54, 1.807) is 0 Å². The van der Waals surface area contributed by atoms with Crippen molar-refractivity contribution in [3.63, 3.8) is 0 Å². The molecule has 0 fully saturated rings. The van der Waals surface area contributed by atoms with Crippen LogP contribution in [0.15, 0.2) is 36.5 Å². The smallest absolute Gasteiger partial charge is 0.00793 e. The van der Waals surface area contributed by atoms with Crippen LogP contribution in [-0.2, 0) is 0 Å². The van der Waals surface area contributed by atoms with Crippen molar-refractivity contribution < 1.29 is 0 Å². The highest BCUT2D eigenvalue weighted by molar-refractivity contribution is 5.08. The molecular weight excluding hydrogens is 132 g/mol. The summed E-state index contributed by atoms with van der Waals surface area (Å²) >= 11 is 0. The second kappa shape index (κ2) is 5.96. The van der Waals surface area contributed by atoms with Gasteiger partial charge in [0, 0.05) is 0 Å². The monoisotopic (exact) mass is 150 g/mol. The van der Waals surface area contributed by atoms with Crippen LogP contribution in [0.5, 0.6) is 0 Å². The number of rotatable bonds is 4. The van der Waals surface area contributed by atoms with Gasteiger partial charge in [-0.1, -0.05) is 36.8 Å². The van der Waals surface area contributed by atoms with E-state index < -0.39 is 0 Å². The maximum Gasteiger partial charge on any atom is -0.00793 e. The molecule has 0 aliphatic rings.